The van der Waals surface area contributed by atoms with Crippen molar-refractivity contribution in [3.63, 3.8) is 0 Å². The van der Waals surface area contributed by atoms with Crippen LogP contribution < -0.4 is 0 Å². The molecule has 1 aromatic carbocycles. The van der Waals surface area contributed by atoms with Crippen molar-refractivity contribution < 1.29 is 5.11 Å². The van der Waals surface area contributed by atoms with E-state index in [1.165, 1.54) is 11.1 Å². The highest BCUT2D eigenvalue weighted by Crippen LogP contribution is 2.40. The minimum Gasteiger partial charge on any atom is -0.508 e. The lowest BCUT2D eigenvalue weighted by Crippen LogP contribution is -2.48. The summed E-state index contributed by atoms with van der Waals surface area (Å²) in [5.74, 6) is 0.369. The molecular weight excluding hydrogens is 222 g/mol. The Hall–Kier alpha value is -1.28. The van der Waals surface area contributed by atoms with E-state index < -0.39 is 0 Å². The van der Waals surface area contributed by atoms with E-state index in [1.54, 1.807) is 6.07 Å². The predicted octanol–water partition coefficient (Wildman–Crippen LogP) is 3.10. The second kappa shape index (κ2) is 4.77. The van der Waals surface area contributed by atoms with Crippen molar-refractivity contribution in [1.29, 1.82) is 0 Å². The van der Waals surface area contributed by atoms with E-state index in [0.29, 0.717) is 11.8 Å². The first-order chi connectivity index (χ1) is 8.46. The molecule has 0 saturated heterocycles. The standard InChI is InChI=1S/C16H23NO/c1-5-10-17(4)15-9-7-12-6-8-13(18)11-14(12)16(15,2)3/h5-6,8,11,15,18H,1,7,9-10H2,2-4H3/t15-/m1/s1. The van der Waals surface area contributed by atoms with Gasteiger partial charge in [-0.05, 0) is 43.1 Å². The summed E-state index contributed by atoms with van der Waals surface area (Å²) in [5, 5.41) is 9.72. The van der Waals surface area contributed by atoms with Crippen LogP contribution in [0.3, 0.4) is 0 Å². The summed E-state index contributed by atoms with van der Waals surface area (Å²) in [6.45, 7) is 9.27. The summed E-state index contributed by atoms with van der Waals surface area (Å²) in [5.41, 5.74) is 2.72. The Kier molecular flexibility index (Phi) is 3.49. The minimum atomic E-state index is 0.0596. The van der Waals surface area contributed by atoms with Gasteiger partial charge in [0, 0.05) is 18.0 Å². The molecule has 1 aromatic rings. The number of benzene rings is 1. The summed E-state index contributed by atoms with van der Waals surface area (Å²) >= 11 is 0. The van der Waals surface area contributed by atoms with Gasteiger partial charge in [-0.25, -0.2) is 0 Å². The quantitative estimate of drug-likeness (QED) is 0.827. The smallest absolute Gasteiger partial charge is 0.115 e. The van der Waals surface area contributed by atoms with Crippen LogP contribution in [-0.4, -0.2) is 29.6 Å². The highest BCUT2D eigenvalue weighted by Gasteiger charge is 2.38. The van der Waals surface area contributed by atoms with Gasteiger partial charge in [0.1, 0.15) is 5.75 Å². The zero-order valence-corrected chi connectivity index (χ0v) is 11.6. The van der Waals surface area contributed by atoms with Gasteiger partial charge in [-0.1, -0.05) is 26.0 Å². The molecule has 0 radical (unpaired) electrons. The van der Waals surface area contributed by atoms with Crippen molar-refractivity contribution in [3.8, 4) is 5.75 Å². The van der Waals surface area contributed by atoms with E-state index >= 15 is 0 Å². The molecule has 98 valence electrons. The van der Waals surface area contributed by atoms with Crippen molar-refractivity contribution in [2.24, 2.45) is 0 Å². The molecule has 2 rings (SSSR count). The third-order valence-corrected chi connectivity index (χ3v) is 4.26. The Morgan fingerprint density at radius 3 is 2.89 bits per heavy atom. The molecule has 1 N–H and O–H groups in total. The Morgan fingerprint density at radius 2 is 2.22 bits per heavy atom. The van der Waals surface area contributed by atoms with Crippen molar-refractivity contribution >= 4 is 0 Å². The van der Waals surface area contributed by atoms with Gasteiger partial charge in [0.05, 0.1) is 0 Å². The monoisotopic (exact) mass is 245 g/mol. The summed E-state index contributed by atoms with van der Waals surface area (Å²) in [6.07, 6.45) is 4.20. The fraction of sp³-hybridized carbons (Fsp3) is 0.500. The lowest BCUT2D eigenvalue weighted by Gasteiger charge is -2.45. The Morgan fingerprint density at radius 1 is 1.50 bits per heavy atom. The topological polar surface area (TPSA) is 23.5 Å². The van der Waals surface area contributed by atoms with E-state index in [-0.39, 0.29) is 5.41 Å². The van der Waals surface area contributed by atoms with Crippen LogP contribution in [0.4, 0.5) is 0 Å². The van der Waals surface area contributed by atoms with Crippen LogP contribution in [0.2, 0.25) is 0 Å². The van der Waals surface area contributed by atoms with Gasteiger partial charge in [-0.15, -0.1) is 6.58 Å². The van der Waals surface area contributed by atoms with Gasteiger partial charge in [0.15, 0.2) is 0 Å². The number of phenolic OH excluding ortho intramolecular Hbond substituents is 1. The summed E-state index contributed by atoms with van der Waals surface area (Å²) < 4.78 is 0. The number of aryl methyl sites for hydroxylation is 1. The van der Waals surface area contributed by atoms with Gasteiger partial charge in [-0.2, -0.15) is 0 Å². The molecule has 0 fully saturated rings. The van der Waals surface area contributed by atoms with Crippen LogP contribution >= 0.6 is 0 Å². The van der Waals surface area contributed by atoms with Crippen molar-refractivity contribution in [2.75, 3.05) is 13.6 Å². The lowest BCUT2D eigenvalue weighted by atomic mass is 9.68. The zero-order valence-electron chi connectivity index (χ0n) is 11.6. The van der Waals surface area contributed by atoms with E-state index in [9.17, 15) is 5.11 Å². The molecule has 0 unspecified atom stereocenters. The first-order valence-corrected chi connectivity index (χ1v) is 6.60. The van der Waals surface area contributed by atoms with Gasteiger partial charge >= 0.3 is 0 Å². The number of aromatic hydroxyl groups is 1. The second-order valence-electron chi connectivity index (χ2n) is 5.85. The predicted molar refractivity (Wildman–Crippen MR) is 76.1 cm³/mol. The maximum atomic E-state index is 9.72. The van der Waals surface area contributed by atoms with E-state index in [0.717, 1.165) is 19.4 Å². The second-order valence-corrected chi connectivity index (χ2v) is 5.85. The summed E-state index contributed by atoms with van der Waals surface area (Å²) in [6, 6.07) is 6.28. The Labute approximate surface area is 110 Å². The number of hydrogen-bond acceptors (Lipinski definition) is 2. The molecule has 2 heteroatoms. The molecule has 0 spiro atoms. The third kappa shape index (κ3) is 2.17. The minimum absolute atomic E-state index is 0.0596. The molecule has 1 atom stereocenters. The van der Waals surface area contributed by atoms with Crippen LogP contribution in [0.15, 0.2) is 30.9 Å². The fourth-order valence-electron chi connectivity index (χ4n) is 3.32. The van der Waals surface area contributed by atoms with Crippen molar-refractivity contribution in [2.45, 2.75) is 38.1 Å². The van der Waals surface area contributed by atoms with Gasteiger partial charge < -0.3 is 5.11 Å². The third-order valence-electron chi connectivity index (χ3n) is 4.26. The maximum absolute atomic E-state index is 9.72. The molecular formula is C16H23NO. The van der Waals surface area contributed by atoms with E-state index in [4.69, 9.17) is 0 Å². The fourth-order valence-corrected chi connectivity index (χ4v) is 3.32. The lowest BCUT2D eigenvalue weighted by molar-refractivity contribution is 0.159. The van der Waals surface area contributed by atoms with Crippen LogP contribution in [0.5, 0.6) is 5.75 Å². The molecule has 1 aliphatic rings. The van der Waals surface area contributed by atoms with Crippen molar-refractivity contribution in [1.82, 2.24) is 4.90 Å². The van der Waals surface area contributed by atoms with Crippen LogP contribution in [0.25, 0.3) is 0 Å². The number of rotatable bonds is 3. The molecule has 0 amide bonds. The number of phenols is 1. The molecule has 18 heavy (non-hydrogen) atoms. The van der Waals surface area contributed by atoms with Crippen LogP contribution in [0.1, 0.15) is 31.4 Å². The van der Waals surface area contributed by atoms with E-state index in [1.807, 2.05) is 12.1 Å². The molecule has 0 heterocycles. The van der Waals surface area contributed by atoms with E-state index in [2.05, 4.69) is 38.4 Å². The first-order valence-electron chi connectivity index (χ1n) is 6.60. The molecule has 2 nitrogen and oxygen atoms in total. The molecule has 0 aromatic heterocycles. The van der Waals surface area contributed by atoms with Crippen molar-refractivity contribution in [3.05, 3.63) is 42.0 Å². The zero-order chi connectivity index (χ0) is 13.3. The molecule has 0 saturated carbocycles. The Balaban J connectivity index is 2.38. The van der Waals surface area contributed by atoms with Gasteiger partial charge in [0.2, 0.25) is 0 Å². The number of fused-ring (bicyclic) bond motifs is 1. The average molecular weight is 245 g/mol. The highest BCUT2D eigenvalue weighted by atomic mass is 16.3. The van der Waals surface area contributed by atoms with Gasteiger partial charge in [0.25, 0.3) is 0 Å². The normalized spacial score (nSPS) is 21.7. The van der Waals surface area contributed by atoms with Crippen LogP contribution in [0, 0.1) is 0 Å². The largest absolute Gasteiger partial charge is 0.508 e. The average Bonchev–Trinajstić information content (AvgIpc) is 2.30. The highest BCUT2D eigenvalue weighted by molar-refractivity contribution is 5.42. The first kappa shape index (κ1) is 13.2. The number of hydrogen-bond donors (Lipinski definition) is 1. The molecule has 1 aliphatic carbocycles. The van der Waals surface area contributed by atoms with Gasteiger partial charge in [-0.3, -0.25) is 4.90 Å². The molecule has 0 aliphatic heterocycles. The molecule has 0 bridgehead atoms. The summed E-state index contributed by atoms with van der Waals surface area (Å²) in [7, 11) is 2.15. The SMILES string of the molecule is C=CCN(C)[C@@H]1CCc2ccc(O)cc2C1(C)C. The summed E-state index contributed by atoms with van der Waals surface area (Å²) in [4.78, 5) is 2.36. The maximum Gasteiger partial charge on any atom is 0.115 e. The Bertz CT molecular complexity index is 450. The number of likely N-dealkylation sites (N-methyl/N-ethyl adjacent to an activating group) is 1. The number of nitrogens with zero attached hydrogens (tertiary/aromatic N) is 1. The van der Waals surface area contributed by atoms with Crippen LogP contribution in [-0.2, 0) is 11.8 Å².